The van der Waals surface area contributed by atoms with Gasteiger partial charge < -0.3 is 16.0 Å². The van der Waals surface area contributed by atoms with Gasteiger partial charge in [-0.3, -0.25) is 9.79 Å². The number of nitrogens with zero attached hydrogens (tertiary/aromatic N) is 1. The zero-order chi connectivity index (χ0) is 18.1. The summed E-state index contributed by atoms with van der Waals surface area (Å²) in [6.07, 6.45) is 0. The molecule has 0 radical (unpaired) electrons. The Hall–Kier alpha value is -2.53. The maximum absolute atomic E-state index is 12.1. The van der Waals surface area contributed by atoms with E-state index in [-0.39, 0.29) is 11.9 Å². The predicted molar refractivity (Wildman–Crippen MR) is 103 cm³/mol. The number of aliphatic imine (C=N–C) groups is 1. The van der Waals surface area contributed by atoms with E-state index in [0.717, 1.165) is 0 Å². The number of amides is 1. The quantitative estimate of drug-likeness (QED) is 0.422. The van der Waals surface area contributed by atoms with Crippen LogP contribution in [0.2, 0.25) is 5.02 Å². The first-order valence-electron chi connectivity index (χ1n) is 8.16. The van der Waals surface area contributed by atoms with E-state index >= 15 is 0 Å². The summed E-state index contributed by atoms with van der Waals surface area (Å²) >= 11 is 6.01. The molecule has 1 atom stereocenters. The Labute approximate surface area is 153 Å². The lowest BCUT2D eigenvalue weighted by atomic mass is 10.1. The largest absolute Gasteiger partial charge is 0.355 e. The fraction of sp³-hybridized carbons (Fsp3) is 0.263. The highest BCUT2D eigenvalue weighted by Gasteiger charge is 2.09. The van der Waals surface area contributed by atoms with Crippen molar-refractivity contribution in [2.45, 2.75) is 13.0 Å². The van der Waals surface area contributed by atoms with Gasteiger partial charge in [-0.05, 0) is 24.6 Å². The van der Waals surface area contributed by atoms with Crippen molar-refractivity contribution in [1.29, 1.82) is 0 Å². The van der Waals surface area contributed by atoms with Crippen molar-refractivity contribution < 1.29 is 4.79 Å². The lowest BCUT2D eigenvalue weighted by molar-refractivity contribution is 0.0954. The SMILES string of the molecule is CN=C(NCCNC(=O)c1ccccc1Cl)NC(C)c1ccccc1. The van der Waals surface area contributed by atoms with Crippen LogP contribution in [0.4, 0.5) is 0 Å². The van der Waals surface area contributed by atoms with Crippen LogP contribution in [0.3, 0.4) is 0 Å². The van der Waals surface area contributed by atoms with E-state index in [1.807, 2.05) is 18.2 Å². The molecule has 1 unspecified atom stereocenters. The van der Waals surface area contributed by atoms with Crippen LogP contribution in [0.15, 0.2) is 59.6 Å². The Kier molecular flexibility index (Phi) is 7.29. The summed E-state index contributed by atoms with van der Waals surface area (Å²) in [7, 11) is 1.72. The lowest BCUT2D eigenvalue weighted by Crippen LogP contribution is -2.42. The minimum Gasteiger partial charge on any atom is -0.355 e. The standard InChI is InChI=1S/C19H23ClN4O/c1-14(15-8-4-3-5-9-15)24-19(21-2)23-13-12-22-18(25)16-10-6-7-11-17(16)20/h3-11,14H,12-13H2,1-2H3,(H,22,25)(H2,21,23,24). The minimum atomic E-state index is -0.187. The number of rotatable bonds is 6. The first-order valence-corrected chi connectivity index (χ1v) is 8.54. The van der Waals surface area contributed by atoms with Crippen molar-refractivity contribution in [3.8, 4) is 0 Å². The molecule has 0 saturated carbocycles. The van der Waals surface area contributed by atoms with Crippen molar-refractivity contribution in [1.82, 2.24) is 16.0 Å². The van der Waals surface area contributed by atoms with E-state index in [4.69, 9.17) is 11.6 Å². The molecule has 5 nitrogen and oxygen atoms in total. The topological polar surface area (TPSA) is 65.5 Å². The molecule has 3 N–H and O–H groups in total. The van der Waals surface area contributed by atoms with Crippen molar-refractivity contribution in [2.24, 2.45) is 4.99 Å². The normalized spacial score (nSPS) is 12.4. The molecule has 25 heavy (non-hydrogen) atoms. The molecule has 0 heterocycles. The summed E-state index contributed by atoms with van der Waals surface area (Å²) in [6.45, 7) is 3.09. The summed E-state index contributed by atoms with van der Waals surface area (Å²) < 4.78 is 0. The molecular weight excluding hydrogens is 336 g/mol. The summed E-state index contributed by atoms with van der Waals surface area (Å²) in [5, 5.41) is 9.78. The van der Waals surface area contributed by atoms with Gasteiger partial charge in [0, 0.05) is 20.1 Å². The van der Waals surface area contributed by atoms with Gasteiger partial charge in [-0.25, -0.2) is 0 Å². The van der Waals surface area contributed by atoms with E-state index in [0.29, 0.717) is 29.6 Å². The Morgan fingerprint density at radius 1 is 1.04 bits per heavy atom. The highest BCUT2D eigenvalue weighted by molar-refractivity contribution is 6.33. The molecule has 0 saturated heterocycles. The molecule has 2 rings (SSSR count). The molecule has 0 spiro atoms. The van der Waals surface area contributed by atoms with E-state index in [1.54, 1.807) is 31.3 Å². The van der Waals surface area contributed by atoms with Gasteiger partial charge in [0.15, 0.2) is 5.96 Å². The van der Waals surface area contributed by atoms with Gasteiger partial charge in [0.1, 0.15) is 0 Å². The van der Waals surface area contributed by atoms with E-state index in [2.05, 4.69) is 40.0 Å². The third kappa shape index (κ3) is 5.80. The first kappa shape index (κ1) is 18.8. The average Bonchev–Trinajstić information content (AvgIpc) is 2.65. The molecule has 0 aromatic heterocycles. The molecule has 0 aliphatic carbocycles. The van der Waals surface area contributed by atoms with Gasteiger partial charge in [-0.15, -0.1) is 0 Å². The Morgan fingerprint density at radius 3 is 2.36 bits per heavy atom. The Morgan fingerprint density at radius 2 is 1.68 bits per heavy atom. The van der Waals surface area contributed by atoms with Gasteiger partial charge in [0.25, 0.3) is 5.91 Å². The monoisotopic (exact) mass is 358 g/mol. The van der Waals surface area contributed by atoms with Crippen LogP contribution in [-0.4, -0.2) is 32.0 Å². The van der Waals surface area contributed by atoms with E-state index < -0.39 is 0 Å². The highest BCUT2D eigenvalue weighted by Crippen LogP contribution is 2.14. The van der Waals surface area contributed by atoms with Gasteiger partial charge in [0.2, 0.25) is 0 Å². The van der Waals surface area contributed by atoms with Gasteiger partial charge in [-0.2, -0.15) is 0 Å². The maximum Gasteiger partial charge on any atom is 0.252 e. The van der Waals surface area contributed by atoms with Crippen LogP contribution in [0.5, 0.6) is 0 Å². The van der Waals surface area contributed by atoms with Crippen LogP contribution in [0.25, 0.3) is 0 Å². The number of halogens is 1. The first-order chi connectivity index (χ1) is 12.1. The lowest BCUT2D eigenvalue weighted by Gasteiger charge is -2.18. The maximum atomic E-state index is 12.1. The fourth-order valence-corrected chi connectivity index (χ4v) is 2.54. The molecule has 0 bridgehead atoms. The number of hydrogen-bond donors (Lipinski definition) is 3. The second-order valence-electron chi connectivity index (χ2n) is 5.51. The number of hydrogen-bond acceptors (Lipinski definition) is 2. The number of benzene rings is 2. The van der Waals surface area contributed by atoms with E-state index in [9.17, 15) is 4.79 Å². The molecule has 6 heteroatoms. The Bertz CT molecular complexity index is 718. The second kappa shape index (κ2) is 9.69. The van der Waals surface area contributed by atoms with Crippen LogP contribution in [0.1, 0.15) is 28.9 Å². The van der Waals surface area contributed by atoms with Crippen LogP contribution in [0, 0.1) is 0 Å². The van der Waals surface area contributed by atoms with E-state index in [1.165, 1.54) is 5.56 Å². The fourth-order valence-electron chi connectivity index (χ4n) is 2.32. The summed E-state index contributed by atoms with van der Waals surface area (Å²) in [5.41, 5.74) is 1.65. The van der Waals surface area contributed by atoms with Crippen molar-refractivity contribution in [2.75, 3.05) is 20.1 Å². The molecule has 0 fully saturated rings. The van der Waals surface area contributed by atoms with Crippen LogP contribution in [-0.2, 0) is 0 Å². The third-order valence-electron chi connectivity index (χ3n) is 3.70. The summed E-state index contributed by atoms with van der Waals surface area (Å²) in [4.78, 5) is 16.3. The van der Waals surface area contributed by atoms with Crippen molar-refractivity contribution in [3.05, 3.63) is 70.7 Å². The molecular formula is C19H23ClN4O. The van der Waals surface area contributed by atoms with Crippen molar-refractivity contribution in [3.63, 3.8) is 0 Å². The number of carbonyl (C=O) groups excluding carboxylic acids is 1. The second-order valence-corrected chi connectivity index (χ2v) is 5.92. The molecule has 0 aliphatic heterocycles. The summed E-state index contributed by atoms with van der Waals surface area (Å²) in [6, 6.07) is 17.2. The molecule has 132 valence electrons. The number of guanidine groups is 1. The van der Waals surface area contributed by atoms with Crippen molar-refractivity contribution >= 4 is 23.5 Å². The summed E-state index contributed by atoms with van der Waals surface area (Å²) in [5.74, 6) is 0.497. The zero-order valence-electron chi connectivity index (χ0n) is 14.4. The van der Waals surface area contributed by atoms with Crippen LogP contribution < -0.4 is 16.0 Å². The molecule has 1 amide bonds. The highest BCUT2D eigenvalue weighted by atomic mass is 35.5. The predicted octanol–water partition coefficient (Wildman–Crippen LogP) is 3.00. The number of carbonyl (C=O) groups is 1. The molecule has 0 aliphatic rings. The average molecular weight is 359 g/mol. The zero-order valence-corrected chi connectivity index (χ0v) is 15.2. The molecule has 2 aromatic rings. The van der Waals surface area contributed by atoms with Gasteiger partial charge >= 0.3 is 0 Å². The number of nitrogens with one attached hydrogen (secondary N) is 3. The Balaban J connectivity index is 1.76. The third-order valence-corrected chi connectivity index (χ3v) is 4.03. The van der Waals surface area contributed by atoms with Gasteiger partial charge in [-0.1, -0.05) is 54.1 Å². The van der Waals surface area contributed by atoms with Crippen LogP contribution >= 0.6 is 11.6 Å². The smallest absolute Gasteiger partial charge is 0.252 e. The van der Waals surface area contributed by atoms with Gasteiger partial charge in [0.05, 0.1) is 16.6 Å². The molecule has 2 aromatic carbocycles. The minimum absolute atomic E-state index is 0.130.